The molecule has 0 bridgehead atoms. The van der Waals surface area contributed by atoms with Gasteiger partial charge in [0.05, 0.1) is 0 Å². The lowest BCUT2D eigenvalue weighted by molar-refractivity contribution is 0.368. The number of aryl methyl sites for hydroxylation is 1. The highest BCUT2D eigenvalue weighted by Crippen LogP contribution is 2.35. The van der Waals surface area contributed by atoms with E-state index >= 15 is 0 Å². The summed E-state index contributed by atoms with van der Waals surface area (Å²) >= 11 is 0. The van der Waals surface area contributed by atoms with Gasteiger partial charge in [0, 0.05) is 17.9 Å². The van der Waals surface area contributed by atoms with Crippen molar-refractivity contribution in [2.24, 2.45) is 0 Å². The lowest BCUT2D eigenvalue weighted by atomic mass is 9.84. The van der Waals surface area contributed by atoms with Crippen LogP contribution in [0.2, 0.25) is 0 Å². The van der Waals surface area contributed by atoms with Gasteiger partial charge in [0.2, 0.25) is 0 Å². The molecule has 1 aliphatic heterocycles. The maximum atomic E-state index is 13.3. The minimum atomic E-state index is -0.153. The number of halogens is 1. The highest BCUT2D eigenvalue weighted by Gasteiger charge is 2.25. The van der Waals surface area contributed by atoms with Crippen LogP contribution in [-0.4, -0.2) is 11.5 Å². The van der Waals surface area contributed by atoms with Gasteiger partial charge in [0.1, 0.15) is 5.82 Å². The Labute approximate surface area is 113 Å². The highest BCUT2D eigenvalue weighted by atomic mass is 19.1. The third-order valence-electron chi connectivity index (χ3n) is 4.09. The molecule has 2 aromatic rings. The third kappa shape index (κ3) is 2.56. The summed E-state index contributed by atoms with van der Waals surface area (Å²) in [5, 5.41) is 3.50. The van der Waals surface area contributed by atoms with E-state index in [4.69, 9.17) is 0 Å². The standard InChI is InChI=1S/C16H19FN2/c1-11-15(6-8-18-11)12-5-7-19-16(10-12)13-3-2-4-14(17)9-13/h2-4,6,8-9,12,16,18-19H,5,7,10H2,1H3. The molecule has 0 spiro atoms. The maximum absolute atomic E-state index is 13.3. The van der Waals surface area contributed by atoms with Crippen LogP contribution in [0.5, 0.6) is 0 Å². The number of hydrogen-bond donors (Lipinski definition) is 2. The number of hydrogen-bond acceptors (Lipinski definition) is 1. The second-order valence-corrected chi connectivity index (χ2v) is 5.34. The Morgan fingerprint density at radius 1 is 1.26 bits per heavy atom. The number of aromatic nitrogens is 1. The summed E-state index contributed by atoms with van der Waals surface area (Å²) in [6.45, 7) is 3.10. The normalized spacial score (nSPS) is 23.5. The summed E-state index contributed by atoms with van der Waals surface area (Å²) in [7, 11) is 0. The van der Waals surface area contributed by atoms with Crippen LogP contribution >= 0.6 is 0 Å². The van der Waals surface area contributed by atoms with Gasteiger partial charge in [-0.15, -0.1) is 0 Å². The van der Waals surface area contributed by atoms with Crippen molar-refractivity contribution < 1.29 is 4.39 Å². The SMILES string of the molecule is Cc1[nH]ccc1C1CCNC(c2cccc(F)c2)C1. The molecule has 1 aliphatic rings. The predicted molar refractivity (Wildman–Crippen MR) is 74.6 cm³/mol. The van der Waals surface area contributed by atoms with Gasteiger partial charge >= 0.3 is 0 Å². The fourth-order valence-electron chi connectivity index (χ4n) is 3.08. The number of nitrogens with one attached hydrogen (secondary N) is 2. The van der Waals surface area contributed by atoms with E-state index < -0.39 is 0 Å². The molecule has 0 aliphatic carbocycles. The monoisotopic (exact) mass is 258 g/mol. The lowest BCUT2D eigenvalue weighted by Crippen LogP contribution is -2.31. The van der Waals surface area contributed by atoms with Crippen molar-refractivity contribution in [1.29, 1.82) is 0 Å². The highest BCUT2D eigenvalue weighted by molar-refractivity contribution is 5.27. The molecule has 2 heterocycles. The van der Waals surface area contributed by atoms with Crippen molar-refractivity contribution in [3.63, 3.8) is 0 Å². The molecule has 1 fully saturated rings. The van der Waals surface area contributed by atoms with Crippen LogP contribution in [0.1, 0.15) is 41.6 Å². The molecule has 0 radical (unpaired) electrons. The summed E-state index contributed by atoms with van der Waals surface area (Å²) in [4.78, 5) is 3.25. The van der Waals surface area contributed by atoms with E-state index in [-0.39, 0.29) is 11.9 Å². The zero-order valence-electron chi connectivity index (χ0n) is 11.1. The van der Waals surface area contributed by atoms with E-state index in [0.717, 1.165) is 24.9 Å². The van der Waals surface area contributed by atoms with Crippen LogP contribution in [0.25, 0.3) is 0 Å². The van der Waals surface area contributed by atoms with Crippen LogP contribution in [-0.2, 0) is 0 Å². The Morgan fingerprint density at radius 3 is 2.89 bits per heavy atom. The van der Waals surface area contributed by atoms with Crippen LogP contribution in [0.15, 0.2) is 36.5 Å². The number of rotatable bonds is 2. The molecule has 1 saturated heterocycles. The van der Waals surface area contributed by atoms with Crippen molar-refractivity contribution in [2.75, 3.05) is 6.54 Å². The first kappa shape index (κ1) is 12.4. The van der Waals surface area contributed by atoms with E-state index in [1.165, 1.54) is 17.3 Å². The molecule has 0 amide bonds. The van der Waals surface area contributed by atoms with Gasteiger partial charge in [-0.1, -0.05) is 12.1 Å². The molecule has 3 rings (SSSR count). The van der Waals surface area contributed by atoms with Gasteiger partial charge in [-0.2, -0.15) is 0 Å². The first-order valence-corrected chi connectivity index (χ1v) is 6.87. The van der Waals surface area contributed by atoms with Crippen LogP contribution in [0, 0.1) is 12.7 Å². The lowest BCUT2D eigenvalue weighted by Gasteiger charge is -2.31. The minimum Gasteiger partial charge on any atom is -0.365 e. The average Bonchev–Trinajstić information content (AvgIpc) is 2.85. The first-order valence-electron chi connectivity index (χ1n) is 6.87. The molecule has 2 unspecified atom stereocenters. The maximum Gasteiger partial charge on any atom is 0.123 e. The van der Waals surface area contributed by atoms with E-state index in [0.29, 0.717) is 5.92 Å². The molecular weight excluding hydrogens is 239 g/mol. The van der Waals surface area contributed by atoms with Crippen LogP contribution in [0.4, 0.5) is 4.39 Å². The van der Waals surface area contributed by atoms with Crippen LogP contribution < -0.4 is 5.32 Å². The van der Waals surface area contributed by atoms with E-state index in [1.54, 1.807) is 12.1 Å². The van der Waals surface area contributed by atoms with Gasteiger partial charge in [0.25, 0.3) is 0 Å². The van der Waals surface area contributed by atoms with Gasteiger partial charge < -0.3 is 10.3 Å². The Morgan fingerprint density at radius 2 is 2.16 bits per heavy atom. The third-order valence-corrected chi connectivity index (χ3v) is 4.09. The molecule has 2 nitrogen and oxygen atoms in total. The summed E-state index contributed by atoms with van der Waals surface area (Å²) in [5.41, 5.74) is 3.71. The Kier molecular flexibility index (Phi) is 3.38. The average molecular weight is 258 g/mol. The number of piperidine rings is 1. The molecule has 19 heavy (non-hydrogen) atoms. The van der Waals surface area contributed by atoms with Gasteiger partial charge in [-0.25, -0.2) is 4.39 Å². The summed E-state index contributed by atoms with van der Waals surface area (Å²) < 4.78 is 13.3. The molecule has 3 heteroatoms. The fraction of sp³-hybridized carbons (Fsp3) is 0.375. The van der Waals surface area contributed by atoms with Gasteiger partial charge in [-0.3, -0.25) is 0 Å². The topological polar surface area (TPSA) is 27.8 Å². The second kappa shape index (κ2) is 5.17. The molecule has 1 aromatic heterocycles. The molecule has 2 N–H and O–H groups in total. The molecule has 0 saturated carbocycles. The molecule has 2 atom stereocenters. The van der Waals surface area contributed by atoms with Crippen molar-refractivity contribution in [3.8, 4) is 0 Å². The second-order valence-electron chi connectivity index (χ2n) is 5.34. The smallest absolute Gasteiger partial charge is 0.123 e. The molecular formula is C16H19FN2. The Bertz CT molecular complexity index is 561. The number of aromatic amines is 1. The zero-order valence-corrected chi connectivity index (χ0v) is 11.1. The van der Waals surface area contributed by atoms with Crippen molar-refractivity contribution in [1.82, 2.24) is 10.3 Å². The minimum absolute atomic E-state index is 0.153. The zero-order chi connectivity index (χ0) is 13.2. The summed E-state index contributed by atoms with van der Waals surface area (Å²) in [5.74, 6) is 0.403. The number of benzene rings is 1. The van der Waals surface area contributed by atoms with E-state index in [1.807, 2.05) is 12.3 Å². The van der Waals surface area contributed by atoms with Gasteiger partial charge in [0.15, 0.2) is 0 Å². The van der Waals surface area contributed by atoms with Crippen molar-refractivity contribution in [3.05, 3.63) is 59.2 Å². The fourth-order valence-corrected chi connectivity index (χ4v) is 3.08. The summed E-state index contributed by atoms with van der Waals surface area (Å²) in [6.07, 6.45) is 4.18. The van der Waals surface area contributed by atoms with Crippen molar-refractivity contribution >= 4 is 0 Å². The summed E-state index contributed by atoms with van der Waals surface area (Å²) in [6, 6.07) is 9.37. The van der Waals surface area contributed by atoms with Crippen molar-refractivity contribution in [2.45, 2.75) is 31.7 Å². The molecule has 1 aromatic carbocycles. The Hall–Kier alpha value is -1.61. The first-order chi connectivity index (χ1) is 9.24. The Balaban J connectivity index is 1.80. The van der Waals surface area contributed by atoms with Crippen LogP contribution in [0.3, 0.4) is 0 Å². The quantitative estimate of drug-likeness (QED) is 0.845. The predicted octanol–water partition coefficient (Wildman–Crippen LogP) is 3.67. The van der Waals surface area contributed by atoms with E-state index in [2.05, 4.69) is 23.3 Å². The van der Waals surface area contributed by atoms with Gasteiger partial charge in [-0.05, 0) is 61.6 Å². The van der Waals surface area contributed by atoms with E-state index in [9.17, 15) is 4.39 Å². The largest absolute Gasteiger partial charge is 0.365 e. The number of H-pyrrole nitrogens is 1. The molecule has 100 valence electrons.